The highest BCUT2D eigenvalue weighted by Gasteiger charge is 2.31. The molecule has 0 rings (SSSR count). The highest BCUT2D eigenvalue weighted by Crippen LogP contribution is 2.12. The number of allylic oxidation sites excluding steroid dienone is 14. The van der Waals surface area contributed by atoms with Gasteiger partial charge in [0, 0.05) is 19.3 Å². The zero-order chi connectivity index (χ0) is 42.1. The second-order valence-electron chi connectivity index (χ2n) is 15.6. The number of likely N-dealkylation sites (N-methyl/N-ethyl adjacent to an activating group) is 1. The van der Waals surface area contributed by atoms with Crippen LogP contribution in [0.1, 0.15) is 155 Å². The van der Waals surface area contributed by atoms with E-state index in [4.69, 9.17) is 14.2 Å². The highest BCUT2D eigenvalue weighted by molar-refractivity contribution is 5.72. The van der Waals surface area contributed by atoms with Crippen molar-refractivity contribution in [3.63, 3.8) is 0 Å². The smallest absolute Gasteiger partial charge is 0.362 e. The van der Waals surface area contributed by atoms with Crippen LogP contribution in [0.4, 0.5) is 0 Å². The molecule has 2 unspecified atom stereocenters. The Morgan fingerprint density at radius 2 is 1.05 bits per heavy atom. The lowest BCUT2D eigenvalue weighted by atomic mass is 10.1. The summed E-state index contributed by atoms with van der Waals surface area (Å²) in [5, 5.41) is 9.62. The van der Waals surface area contributed by atoms with Crippen molar-refractivity contribution in [2.24, 2.45) is 0 Å². The number of nitrogens with zero attached hydrogens (tertiary/aromatic N) is 1. The van der Waals surface area contributed by atoms with Crippen LogP contribution in [-0.2, 0) is 28.6 Å². The number of unbranched alkanes of at least 4 members (excludes halogenated alkanes) is 11. The van der Waals surface area contributed by atoms with Crippen LogP contribution in [0.2, 0.25) is 0 Å². The Kier molecular flexibility index (Phi) is 36.9. The molecule has 0 aromatic heterocycles. The van der Waals surface area contributed by atoms with E-state index in [1.807, 2.05) is 21.1 Å². The van der Waals surface area contributed by atoms with Gasteiger partial charge in [0.15, 0.2) is 12.1 Å². The number of carboxylic acid groups (broad SMARTS) is 1. The Morgan fingerprint density at radius 3 is 1.60 bits per heavy atom. The van der Waals surface area contributed by atoms with Gasteiger partial charge in [0.05, 0.1) is 34.4 Å². The molecule has 0 amide bonds. The summed E-state index contributed by atoms with van der Waals surface area (Å²) in [6, 6.07) is -0.633. The molecule has 0 aliphatic heterocycles. The van der Waals surface area contributed by atoms with Gasteiger partial charge in [-0.05, 0) is 77.0 Å². The van der Waals surface area contributed by atoms with Crippen LogP contribution in [0.15, 0.2) is 85.1 Å². The number of esters is 2. The summed E-state index contributed by atoms with van der Waals surface area (Å²) in [4.78, 5) is 36.9. The number of aliphatic carboxylic acids is 1. The Labute approximate surface area is 348 Å². The van der Waals surface area contributed by atoms with Crippen molar-refractivity contribution in [3.8, 4) is 0 Å². The maximum absolute atomic E-state index is 12.7. The van der Waals surface area contributed by atoms with Crippen molar-refractivity contribution in [3.05, 3.63) is 85.1 Å². The quantitative estimate of drug-likeness (QED) is 0.0218. The summed E-state index contributed by atoms with van der Waals surface area (Å²) in [6.07, 6.45) is 50.6. The first-order chi connectivity index (χ1) is 27.6. The van der Waals surface area contributed by atoms with Crippen LogP contribution in [0.3, 0.4) is 0 Å². The predicted molar refractivity (Wildman–Crippen MR) is 238 cm³/mol. The molecule has 1 N–H and O–H groups in total. The van der Waals surface area contributed by atoms with Gasteiger partial charge in [-0.2, -0.15) is 0 Å². The van der Waals surface area contributed by atoms with Crippen LogP contribution in [0, 0.1) is 0 Å². The average Bonchev–Trinajstić information content (AvgIpc) is 3.17. The van der Waals surface area contributed by atoms with Crippen molar-refractivity contribution >= 4 is 17.9 Å². The number of hydrogen-bond donors (Lipinski definition) is 1. The van der Waals surface area contributed by atoms with Crippen molar-refractivity contribution in [2.45, 2.75) is 167 Å². The van der Waals surface area contributed by atoms with Gasteiger partial charge in [-0.25, -0.2) is 4.79 Å². The third-order valence-corrected chi connectivity index (χ3v) is 9.31. The summed E-state index contributed by atoms with van der Waals surface area (Å²) in [5.41, 5.74) is 0. The topological polar surface area (TPSA) is 99.1 Å². The van der Waals surface area contributed by atoms with Crippen LogP contribution in [-0.4, -0.2) is 80.6 Å². The molecule has 324 valence electrons. The molecule has 0 spiro atoms. The lowest BCUT2D eigenvalue weighted by Gasteiger charge is -2.31. The standard InChI is InChI=1S/C49H81NO7/c1-6-8-10-12-14-16-18-20-22-24-26-28-30-32-34-36-38-40-48(52)57-45(43-55-42-41-46(49(53)54)50(3,4)5)44-56-47(51)39-37-35-33-31-29-27-25-23-21-19-17-15-13-11-9-7-2/h8,10,14,16,20,22-23,25-29,32,34,45-46H,6-7,9,11-13,15,17-19,21,24,30-31,33,35-44H2,1-5H3/p+1/b10-8+,16-14+,22-20+,25-23+,28-26+,29-27+,34-32+. The van der Waals surface area contributed by atoms with E-state index < -0.39 is 18.1 Å². The number of rotatable bonds is 38. The van der Waals surface area contributed by atoms with E-state index in [1.54, 1.807) is 0 Å². The van der Waals surface area contributed by atoms with E-state index in [9.17, 15) is 19.5 Å². The minimum Gasteiger partial charge on any atom is -0.477 e. The van der Waals surface area contributed by atoms with Gasteiger partial charge in [-0.15, -0.1) is 0 Å². The predicted octanol–water partition coefficient (Wildman–Crippen LogP) is 12.1. The molecule has 0 saturated carbocycles. The first kappa shape index (κ1) is 53.5. The summed E-state index contributed by atoms with van der Waals surface area (Å²) >= 11 is 0. The normalized spacial score (nSPS) is 13.8. The molecule has 8 heteroatoms. The molecular weight excluding hydrogens is 715 g/mol. The van der Waals surface area contributed by atoms with Gasteiger partial charge in [0.1, 0.15) is 6.61 Å². The maximum atomic E-state index is 12.7. The van der Waals surface area contributed by atoms with Gasteiger partial charge in [0.2, 0.25) is 0 Å². The third-order valence-electron chi connectivity index (χ3n) is 9.31. The van der Waals surface area contributed by atoms with Crippen LogP contribution in [0.5, 0.6) is 0 Å². The maximum Gasteiger partial charge on any atom is 0.362 e. The lowest BCUT2D eigenvalue weighted by Crippen LogP contribution is -2.50. The van der Waals surface area contributed by atoms with E-state index in [0.717, 1.165) is 70.6 Å². The van der Waals surface area contributed by atoms with Gasteiger partial charge in [-0.1, -0.05) is 144 Å². The number of carboxylic acids is 1. The number of hydrogen-bond acceptors (Lipinski definition) is 6. The van der Waals surface area contributed by atoms with Crippen LogP contribution in [0.25, 0.3) is 0 Å². The molecule has 57 heavy (non-hydrogen) atoms. The van der Waals surface area contributed by atoms with E-state index >= 15 is 0 Å². The summed E-state index contributed by atoms with van der Waals surface area (Å²) in [5.74, 6) is -1.59. The zero-order valence-corrected chi connectivity index (χ0v) is 36.8. The monoisotopic (exact) mass is 797 g/mol. The van der Waals surface area contributed by atoms with Gasteiger partial charge >= 0.3 is 17.9 Å². The Bertz CT molecular complexity index is 1200. The minimum absolute atomic E-state index is 0.0249. The first-order valence-corrected chi connectivity index (χ1v) is 22.1. The Balaban J connectivity index is 4.51. The second-order valence-corrected chi connectivity index (χ2v) is 15.6. The van der Waals surface area contributed by atoms with Crippen molar-refractivity contribution in [2.75, 3.05) is 41.0 Å². The molecule has 0 heterocycles. The fraction of sp³-hybridized carbons (Fsp3) is 0.653. The second kappa shape index (κ2) is 39.3. The van der Waals surface area contributed by atoms with E-state index in [2.05, 4.69) is 98.9 Å². The average molecular weight is 797 g/mol. The Morgan fingerprint density at radius 1 is 0.561 bits per heavy atom. The van der Waals surface area contributed by atoms with Crippen molar-refractivity contribution in [1.29, 1.82) is 0 Å². The fourth-order valence-corrected chi connectivity index (χ4v) is 5.88. The molecule has 0 aromatic rings. The minimum atomic E-state index is -0.891. The Hall–Kier alpha value is -3.49. The summed E-state index contributed by atoms with van der Waals surface area (Å²) in [6.45, 7) is 4.51. The molecular formula is C49H82NO7+. The molecule has 0 saturated heterocycles. The first-order valence-electron chi connectivity index (χ1n) is 22.1. The zero-order valence-electron chi connectivity index (χ0n) is 36.8. The molecule has 0 bridgehead atoms. The molecule has 8 nitrogen and oxygen atoms in total. The molecule has 0 aliphatic carbocycles. The molecule has 0 aliphatic rings. The molecule has 0 fully saturated rings. The van der Waals surface area contributed by atoms with E-state index in [1.165, 1.54) is 44.9 Å². The fourth-order valence-electron chi connectivity index (χ4n) is 5.88. The molecule has 0 radical (unpaired) electrons. The number of quaternary nitrogens is 1. The highest BCUT2D eigenvalue weighted by atomic mass is 16.6. The number of carbonyl (C=O) groups is 3. The lowest BCUT2D eigenvalue weighted by molar-refractivity contribution is -0.887. The number of ether oxygens (including phenoxy) is 3. The largest absolute Gasteiger partial charge is 0.477 e. The third kappa shape index (κ3) is 37.8. The number of carbonyl (C=O) groups excluding carboxylic acids is 2. The van der Waals surface area contributed by atoms with Gasteiger partial charge in [-0.3, -0.25) is 9.59 Å². The van der Waals surface area contributed by atoms with Gasteiger partial charge < -0.3 is 23.8 Å². The molecule has 0 aromatic carbocycles. The summed E-state index contributed by atoms with van der Waals surface area (Å²) in [7, 11) is 5.49. The van der Waals surface area contributed by atoms with Crippen molar-refractivity contribution < 1.29 is 38.2 Å². The van der Waals surface area contributed by atoms with Crippen LogP contribution < -0.4 is 0 Å². The molecule has 2 atom stereocenters. The van der Waals surface area contributed by atoms with Gasteiger partial charge in [0.25, 0.3) is 0 Å². The van der Waals surface area contributed by atoms with E-state index in [-0.39, 0.29) is 42.7 Å². The SMILES string of the molecule is CC/C=C/C/C=C/C/C=C/C/C=C/C/C=C/CCCC(=O)OC(COCCC(C(=O)O)[N+](C)(C)C)COC(=O)CCCCC/C=C/C=C/CCCCCCCCC. The van der Waals surface area contributed by atoms with E-state index in [0.29, 0.717) is 19.3 Å². The summed E-state index contributed by atoms with van der Waals surface area (Å²) < 4.78 is 17.2. The van der Waals surface area contributed by atoms with Crippen LogP contribution >= 0.6 is 0 Å². The van der Waals surface area contributed by atoms with Crippen molar-refractivity contribution in [1.82, 2.24) is 0 Å².